The molecule has 21 heavy (non-hydrogen) atoms. The second-order valence-electron chi connectivity index (χ2n) is 4.64. The molecule has 0 amide bonds. The SMILES string of the molecule is CC(=O)c1ccc2nc(S(=O)Cc3ccccn3)[nH]c2c1. The van der Waals surface area contributed by atoms with E-state index in [9.17, 15) is 9.00 Å². The molecule has 0 aliphatic rings. The molecule has 3 rings (SSSR count). The van der Waals surface area contributed by atoms with Gasteiger partial charge in [-0.2, -0.15) is 0 Å². The van der Waals surface area contributed by atoms with Gasteiger partial charge in [-0.05, 0) is 37.3 Å². The molecule has 0 radical (unpaired) electrons. The summed E-state index contributed by atoms with van der Waals surface area (Å²) in [5.41, 5.74) is 2.77. The van der Waals surface area contributed by atoms with Crippen molar-refractivity contribution >= 4 is 27.6 Å². The summed E-state index contributed by atoms with van der Waals surface area (Å²) >= 11 is 0. The second kappa shape index (κ2) is 5.57. The molecule has 0 fully saturated rings. The van der Waals surface area contributed by atoms with E-state index in [-0.39, 0.29) is 5.78 Å². The Morgan fingerprint density at radius 2 is 2.14 bits per heavy atom. The second-order valence-corrected chi connectivity index (χ2v) is 6.01. The highest BCUT2D eigenvalue weighted by molar-refractivity contribution is 7.84. The van der Waals surface area contributed by atoms with Crippen molar-refractivity contribution in [3.63, 3.8) is 0 Å². The van der Waals surface area contributed by atoms with E-state index in [0.29, 0.717) is 27.5 Å². The third kappa shape index (κ3) is 2.90. The number of benzene rings is 1. The van der Waals surface area contributed by atoms with E-state index >= 15 is 0 Å². The van der Waals surface area contributed by atoms with Gasteiger partial charge in [-0.3, -0.25) is 14.0 Å². The lowest BCUT2D eigenvalue weighted by Crippen LogP contribution is -2.00. The number of rotatable bonds is 4. The Morgan fingerprint density at radius 1 is 1.29 bits per heavy atom. The van der Waals surface area contributed by atoms with E-state index < -0.39 is 10.8 Å². The lowest BCUT2D eigenvalue weighted by atomic mass is 10.1. The first kappa shape index (κ1) is 13.6. The highest BCUT2D eigenvalue weighted by Gasteiger charge is 2.12. The molecule has 106 valence electrons. The Balaban J connectivity index is 1.90. The first-order chi connectivity index (χ1) is 10.1. The summed E-state index contributed by atoms with van der Waals surface area (Å²) in [5, 5.41) is 0.399. The summed E-state index contributed by atoms with van der Waals surface area (Å²) in [6.07, 6.45) is 1.67. The van der Waals surface area contributed by atoms with E-state index in [1.54, 1.807) is 24.4 Å². The van der Waals surface area contributed by atoms with Crippen LogP contribution in [0.5, 0.6) is 0 Å². The van der Waals surface area contributed by atoms with Crippen LogP contribution in [0.4, 0.5) is 0 Å². The number of nitrogens with zero attached hydrogens (tertiary/aromatic N) is 2. The van der Waals surface area contributed by atoms with Crippen molar-refractivity contribution in [1.29, 1.82) is 0 Å². The number of hydrogen-bond donors (Lipinski definition) is 1. The van der Waals surface area contributed by atoms with Gasteiger partial charge < -0.3 is 4.98 Å². The number of ketones is 1. The van der Waals surface area contributed by atoms with E-state index in [1.165, 1.54) is 6.92 Å². The molecule has 1 aromatic carbocycles. The summed E-state index contributed by atoms with van der Waals surface area (Å²) in [4.78, 5) is 22.9. The number of carbonyl (C=O) groups is 1. The summed E-state index contributed by atoms with van der Waals surface area (Å²) in [7, 11) is -1.30. The zero-order chi connectivity index (χ0) is 14.8. The van der Waals surface area contributed by atoms with Crippen molar-refractivity contribution in [3.8, 4) is 0 Å². The molecule has 0 spiro atoms. The normalized spacial score (nSPS) is 12.4. The van der Waals surface area contributed by atoms with Gasteiger partial charge in [-0.1, -0.05) is 6.07 Å². The number of fused-ring (bicyclic) bond motifs is 1. The average Bonchev–Trinajstić information content (AvgIpc) is 2.91. The van der Waals surface area contributed by atoms with E-state index in [0.717, 1.165) is 5.69 Å². The van der Waals surface area contributed by atoms with Crippen LogP contribution in [0.3, 0.4) is 0 Å². The minimum absolute atomic E-state index is 0.0114. The van der Waals surface area contributed by atoms with Crippen LogP contribution in [0.1, 0.15) is 23.0 Å². The van der Waals surface area contributed by atoms with Gasteiger partial charge in [0, 0.05) is 11.8 Å². The summed E-state index contributed by atoms with van der Waals surface area (Å²) in [5.74, 6) is 0.294. The van der Waals surface area contributed by atoms with Gasteiger partial charge in [0.25, 0.3) is 0 Å². The summed E-state index contributed by atoms with van der Waals surface area (Å²) in [6, 6.07) is 10.7. The first-order valence-electron chi connectivity index (χ1n) is 6.42. The number of carbonyl (C=O) groups excluding carboxylic acids is 1. The molecule has 0 aliphatic heterocycles. The van der Waals surface area contributed by atoms with Gasteiger partial charge in [0.15, 0.2) is 10.9 Å². The van der Waals surface area contributed by atoms with Crippen LogP contribution >= 0.6 is 0 Å². The van der Waals surface area contributed by atoms with Gasteiger partial charge in [0.05, 0.1) is 33.3 Å². The van der Waals surface area contributed by atoms with Crippen LogP contribution in [-0.2, 0) is 16.6 Å². The van der Waals surface area contributed by atoms with Crippen LogP contribution in [0.15, 0.2) is 47.8 Å². The molecule has 0 saturated heterocycles. The third-order valence-corrected chi connectivity index (χ3v) is 4.27. The molecule has 3 aromatic rings. The van der Waals surface area contributed by atoms with Gasteiger partial charge in [-0.25, -0.2) is 4.98 Å². The summed E-state index contributed by atoms with van der Waals surface area (Å²) in [6.45, 7) is 1.51. The Bertz CT molecular complexity index is 827. The number of aromatic amines is 1. The van der Waals surface area contributed by atoms with Crippen molar-refractivity contribution in [1.82, 2.24) is 15.0 Å². The van der Waals surface area contributed by atoms with E-state index in [2.05, 4.69) is 15.0 Å². The molecule has 5 nitrogen and oxygen atoms in total. The molecule has 1 N–H and O–H groups in total. The zero-order valence-electron chi connectivity index (χ0n) is 11.4. The molecule has 1 unspecified atom stereocenters. The fourth-order valence-corrected chi connectivity index (χ4v) is 3.00. The number of hydrogen-bond acceptors (Lipinski definition) is 4. The molecule has 2 heterocycles. The molecule has 0 saturated carbocycles. The number of H-pyrrole nitrogens is 1. The maximum atomic E-state index is 12.3. The monoisotopic (exact) mass is 299 g/mol. The van der Waals surface area contributed by atoms with Crippen LogP contribution in [0, 0.1) is 0 Å². The predicted molar refractivity (Wildman–Crippen MR) is 80.4 cm³/mol. The van der Waals surface area contributed by atoms with Crippen LogP contribution in [0.2, 0.25) is 0 Å². The Hall–Kier alpha value is -2.34. The van der Waals surface area contributed by atoms with Gasteiger partial charge in [-0.15, -0.1) is 0 Å². The van der Waals surface area contributed by atoms with Crippen molar-refractivity contribution < 1.29 is 9.00 Å². The Labute approximate surface area is 123 Å². The lowest BCUT2D eigenvalue weighted by molar-refractivity contribution is 0.101. The fraction of sp³-hybridized carbons (Fsp3) is 0.133. The molecule has 0 bridgehead atoms. The van der Waals surface area contributed by atoms with Gasteiger partial charge in [0.2, 0.25) is 0 Å². The van der Waals surface area contributed by atoms with Crippen LogP contribution < -0.4 is 0 Å². The van der Waals surface area contributed by atoms with Crippen LogP contribution in [0.25, 0.3) is 11.0 Å². The minimum atomic E-state index is -1.30. The number of nitrogens with one attached hydrogen (secondary N) is 1. The quantitative estimate of drug-likeness (QED) is 0.751. The zero-order valence-corrected chi connectivity index (χ0v) is 12.2. The fourth-order valence-electron chi connectivity index (χ4n) is 2.00. The summed E-state index contributed by atoms with van der Waals surface area (Å²) < 4.78 is 12.3. The number of aromatic nitrogens is 3. The van der Waals surface area contributed by atoms with Crippen LogP contribution in [-0.4, -0.2) is 24.9 Å². The molecular weight excluding hydrogens is 286 g/mol. The smallest absolute Gasteiger partial charge is 0.197 e. The van der Waals surface area contributed by atoms with E-state index in [4.69, 9.17) is 0 Å². The predicted octanol–water partition coefficient (Wildman–Crippen LogP) is 2.47. The van der Waals surface area contributed by atoms with Crippen molar-refractivity contribution in [2.75, 3.05) is 0 Å². The molecular formula is C15H13N3O2S. The minimum Gasteiger partial charge on any atom is -0.331 e. The standard InChI is InChI=1S/C15H13N3O2S/c1-10(19)11-5-6-13-14(8-11)18-15(17-13)21(20)9-12-4-2-3-7-16-12/h2-8H,9H2,1H3,(H,17,18). The third-order valence-electron chi connectivity index (χ3n) is 3.09. The maximum Gasteiger partial charge on any atom is 0.197 e. The topological polar surface area (TPSA) is 75.7 Å². The molecule has 2 aromatic heterocycles. The molecule has 6 heteroatoms. The van der Waals surface area contributed by atoms with Gasteiger partial charge in [0.1, 0.15) is 0 Å². The van der Waals surface area contributed by atoms with Crippen molar-refractivity contribution in [2.24, 2.45) is 0 Å². The number of imidazole rings is 1. The Kier molecular flexibility index (Phi) is 3.62. The molecule has 1 atom stereocenters. The van der Waals surface area contributed by atoms with Crippen molar-refractivity contribution in [3.05, 3.63) is 53.9 Å². The van der Waals surface area contributed by atoms with Gasteiger partial charge >= 0.3 is 0 Å². The average molecular weight is 299 g/mol. The highest BCUT2D eigenvalue weighted by Crippen LogP contribution is 2.17. The highest BCUT2D eigenvalue weighted by atomic mass is 32.2. The maximum absolute atomic E-state index is 12.3. The van der Waals surface area contributed by atoms with E-state index in [1.807, 2.05) is 18.2 Å². The van der Waals surface area contributed by atoms with Crippen molar-refractivity contribution in [2.45, 2.75) is 17.8 Å². The first-order valence-corrected chi connectivity index (χ1v) is 7.74. The number of Topliss-reactive ketones (excluding diaryl/α,β-unsaturated/α-hetero) is 1. The molecule has 0 aliphatic carbocycles. The Morgan fingerprint density at radius 3 is 2.86 bits per heavy atom. The lowest BCUT2D eigenvalue weighted by Gasteiger charge is -1.97. The largest absolute Gasteiger partial charge is 0.331 e. The number of pyridine rings is 1.